The molecule has 0 unspecified atom stereocenters. The van der Waals surface area contributed by atoms with Crippen molar-refractivity contribution in [2.45, 2.75) is 37.8 Å². The van der Waals surface area contributed by atoms with Crippen LogP contribution in [0.2, 0.25) is 0 Å². The van der Waals surface area contributed by atoms with E-state index >= 15 is 0 Å². The lowest BCUT2D eigenvalue weighted by Gasteiger charge is -2.29. The highest BCUT2D eigenvalue weighted by Gasteiger charge is 2.31. The normalized spacial score (nSPS) is 17.0. The number of carbonyl (C=O) groups is 3. The highest BCUT2D eigenvalue weighted by Crippen LogP contribution is 2.19. The smallest absolute Gasteiger partial charge is 0.254 e. The molecule has 2 atom stereocenters. The Bertz CT molecular complexity index is 1150. The molecule has 1 heterocycles. The van der Waals surface area contributed by atoms with Crippen molar-refractivity contribution in [3.05, 3.63) is 83.9 Å². The first-order valence-corrected chi connectivity index (χ1v) is 11.4. The summed E-state index contributed by atoms with van der Waals surface area (Å²) in [5, 5.41) is 7.77. The Hall–Kier alpha value is -3.67. The second kappa shape index (κ2) is 10.3. The lowest BCUT2D eigenvalue weighted by atomic mass is 10.0. The molecule has 0 aliphatic carbocycles. The van der Waals surface area contributed by atoms with E-state index in [1.807, 2.05) is 66.7 Å². The minimum atomic E-state index is -0.748. The van der Waals surface area contributed by atoms with E-state index in [4.69, 9.17) is 0 Å². The fourth-order valence-corrected chi connectivity index (χ4v) is 4.26. The molecule has 1 aliphatic heterocycles. The molecule has 3 aromatic rings. The number of nitrogens with zero attached hydrogens (tertiary/aromatic N) is 1. The molecular formula is C27H29N3O3. The first-order chi connectivity index (χ1) is 16.0. The van der Waals surface area contributed by atoms with E-state index in [-0.39, 0.29) is 17.7 Å². The predicted octanol–water partition coefficient (Wildman–Crippen LogP) is 3.31. The Balaban J connectivity index is 1.58. The maximum absolute atomic E-state index is 13.4. The molecule has 1 saturated heterocycles. The number of rotatable bonds is 6. The minimum absolute atomic E-state index is 0.164. The summed E-state index contributed by atoms with van der Waals surface area (Å²) >= 11 is 0. The van der Waals surface area contributed by atoms with Crippen molar-refractivity contribution in [2.24, 2.45) is 0 Å². The summed E-state index contributed by atoms with van der Waals surface area (Å²) in [6, 6.07) is 21.7. The molecule has 0 radical (unpaired) electrons. The number of fused-ring (bicyclic) bond motifs is 1. The molecule has 6 nitrogen and oxygen atoms in total. The summed E-state index contributed by atoms with van der Waals surface area (Å²) in [7, 11) is 1.65. The van der Waals surface area contributed by atoms with Gasteiger partial charge in [0, 0.05) is 25.6 Å². The first kappa shape index (κ1) is 22.5. The van der Waals surface area contributed by atoms with E-state index < -0.39 is 12.1 Å². The fourth-order valence-electron chi connectivity index (χ4n) is 4.26. The molecule has 6 heteroatoms. The summed E-state index contributed by atoms with van der Waals surface area (Å²) in [4.78, 5) is 40.6. The van der Waals surface area contributed by atoms with Crippen LogP contribution in [0.3, 0.4) is 0 Å². The van der Waals surface area contributed by atoms with E-state index in [1.54, 1.807) is 13.1 Å². The van der Waals surface area contributed by atoms with Gasteiger partial charge in [0.25, 0.3) is 5.91 Å². The van der Waals surface area contributed by atoms with Crippen molar-refractivity contribution in [1.29, 1.82) is 0 Å². The van der Waals surface area contributed by atoms with Crippen molar-refractivity contribution in [2.75, 3.05) is 13.6 Å². The van der Waals surface area contributed by atoms with E-state index in [2.05, 4.69) is 10.6 Å². The Morgan fingerprint density at radius 3 is 2.52 bits per heavy atom. The van der Waals surface area contributed by atoms with Crippen LogP contribution in [0, 0.1) is 0 Å². The molecule has 0 saturated carbocycles. The quantitative estimate of drug-likeness (QED) is 0.614. The zero-order valence-electron chi connectivity index (χ0n) is 18.8. The van der Waals surface area contributed by atoms with Crippen LogP contribution in [0.5, 0.6) is 0 Å². The van der Waals surface area contributed by atoms with Gasteiger partial charge < -0.3 is 15.5 Å². The summed E-state index contributed by atoms with van der Waals surface area (Å²) in [5.41, 5.74) is 1.47. The van der Waals surface area contributed by atoms with Crippen molar-refractivity contribution < 1.29 is 14.4 Å². The van der Waals surface area contributed by atoms with Gasteiger partial charge in [0.2, 0.25) is 11.8 Å². The Kier molecular flexibility index (Phi) is 7.03. The minimum Gasteiger partial charge on any atom is -0.354 e. The van der Waals surface area contributed by atoms with Gasteiger partial charge in [0.1, 0.15) is 12.1 Å². The van der Waals surface area contributed by atoms with E-state index in [0.29, 0.717) is 24.9 Å². The first-order valence-electron chi connectivity index (χ1n) is 11.4. The van der Waals surface area contributed by atoms with Gasteiger partial charge in [-0.2, -0.15) is 0 Å². The molecule has 2 N–H and O–H groups in total. The van der Waals surface area contributed by atoms with E-state index in [1.165, 1.54) is 4.90 Å². The molecule has 0 aromatic heterocycles. The monoisotopic (exact) mass is 443 g/mol. The van der Waals surface area contributed by atoms with Gasteiger partial charge in [-0.25, -0.2) is 0 Å². The summed E-state index contributed by atoms with van der Waals surface area (Å²) in [6.45, 7) is 0.624. The standard InChI is InChI=1S/C27H29N3O3/c1-30(27(33)22-15-14-20-11-5-6-12-21(20)18-22)24(17-19-9-3-2-4-10-19)26(32)29-23-13-7-8-16-28-25(23)31/h2-6,9-12,14-15,18,23-24H,7-8,13,16-17H2,1H3,(H,28,31)(H,29,32)/t23-,24+/m1/s1. The molecule has 4 rings (SSSR count). The highest BCUT2D eigenvalue weighted by atomic mass is 16.2. The van der Waals surface area contributed by atoms with Gasteiger partial charge in [-0.05, 0) is 47.7 Å². The SMILES string of the molecule is CN(C(=O)c1ccc2ccccc2c1)[C@@H](Cc1ccccc1)C(=O)N[C@@H]1CCCCNC1=O. The van der Waals surface area contributed by atoms with Crippen molar-refractivity contribution in [1.82, 2.24) is 15.5 Å². The zero-order valence-corrected chi connectivity index (χ0v) is 18.8. The number of carbonyl (C=O) groups excluding carboxylic acids is 3. The number of likely N-dealkylation sites (N-methyl/N-ethyl adjacent to an activating group) is 1. The Morgan fingerprint density at radius 1 is 1.00 bits per heavy atom. The Morgan fingerprint density at radius 2 is 1.73 bits per heavy atom. The van der Waals surface area contributed by atoms with Crippen LogP contribution < -0.4 is 10.6 Å². The van der Waals surface area contributed by atoms with Crippen LogP contribution in [0.4, 0.5) is 0 Å². The second-order valence-electron chi connectivity index (χ2n) is 8.53. The molecule has 170 valence electrons. The molecule has 3 amide bonds. The van der Waals surface area contributed by atoms with Gasteiger partial charge in [0.05, 0.1) is 0 Å². The van der Waals surface area contributed by atoms with Gasteiger partial charge in [-0.15, -0.1) is 0 Å². The molecule has 0 bridgehead atoms. The largest absolute Gasteiger partial charge is 0.354 e. The lowest BCUT2D eigenvalue weighted by Crippen LogP contribution is -2.54. The third kappa shape index (κ3) is 5.40. The maximum Gasteiger partial charge on any atom is 0.254 e. The van der Waals surface area contributed by atoms with E-state index in [0.717, 1.165) is 29.2 Å². The number of nitrogens with one attached hydrogen (secondary N) is 2. The van der Waals surface area contributed by atoms with Crippen molar-refractivity contribution >= 4 is 28.5 Å². The Labute approximate surface area is 194 Å². The molecule has 3 aromatic carbocycles. The van der Waals surface area contributed by atoms with Crippen LogP contribution >= 0.6 is 0 Å². The van der Waals surface area contributed by atoms with Gasteiger partial charge in [-0.3, -0.25) is 14.4 Å². The highest BCUT2D eigenvalue weighted by molar-refractivity contribution is 6.01. The molecule has 1 fully saturated rings. The second-order valence-corrected chi connectivity index (χ2v) is 8.53. The van der Waals surface area contributed by atoms with Crippen LogP contribution in [0.1, 0.15) is 35.2 Å². The number of amides is 3. The zero-order chi connectivity index (χ0) is 23.2. The summed E-state index contributed by atoms with van der Waals surface area (Å²) < 4.78 is 0. The topological polar surface area (TPSA) is 78.5 Å². The molecule has 0 spiro atoms. The van der Waals surface area contributed by atoms with E-state index in [9.17, 15) is 14.4 Å². The van der Waals surface area contributed by atoms with Crippen molar-refractivity contribution in [3.8, 4) is 0 Å². The third-order valence-electron chi connectivity index (χ3n) is 6.21. The van der Waals surface area contributed by atoms with Gasteiger partial charge in [-0.1, -0.05) is 60.7 Å². The summed E-state index contributed by atoms with van der Waals surface area (Å²) in [6.07, 6.45) is 2.71. The average molecular weight is 444 g/mol. The van der Waals surface area contributed by atoms with Crippen LogP contribution in [-0.2, 0) is 16.0 Å². The number of hydrogen-bond donors (Lipinski definition) is 2. The molecular weight excluding hydrogens is 414 g/mol. The molecule has 1 aliphatic rings. The van der Waals surface area contributed by atoms with Crippen LogP contribution in [-0.4, -0.2) is 48.3 Å². The number of hydrogen-bond acceptors (Lipinski definition) is 3. The lowest BCUT2D eigenvalue weighted by molar-refractivity contribution is -0.131. The fraction of sp³-hybridized carbons (Fsp3) is 0.296. The van der Waals surface area contributed by atoms with Crippen LogP contribution in [0.25, 0.3) is 10.8 Å². The molecule has 33 heavy (non-hydrogen) atoms. The van der Waals surface area contributed by atoms with Crippen LogP contribution in [0.15, 0.2) is 72.8 Å². The maximum atomic E-state index is 13.4. The number of benzene rings is 3. The van der Waals surface area contributed by atoms with Crippen molar-refractivity contribution in [3.63, 3.8) is 0 Å². The summed E-state index contributed by atoms with van der Waals surface area (Å²) in [5.74, 6) is -0.720. The average Bonchev–Trinajstić information content (AvgIpc) is 3.05. The predicted molar refractivity (Wildman–Crippen MR) is 129 cm³/mol. The third-order valence-corrected chi connectivity index (χ3v) is 6.21. The van der Waals surface area contributed by atoms with Gasteiger partial charge >= 0.3 is 0 Å². The van der Waals surface area contributed by atoms with Gasteiger partial charge in [0.15, 0.2) is 0 Å².